The van der Waals surface area contributed by atoms with Crippen molar-refractivity contribution in [2.24, 2.45) is 11.8 Å². The van der Waals surface area contributed by atoms with Crippen LogP contribution in [0.5, 0.6) is 0 Å². The quantitative estimate of drug-likeness (QED) is 0.563. The van der Waals surface area contributed by atoms with Crippen LogP contribution in [0.1, 0.15) is 26.7 Å². The Hall–Kier alpha value is -0.0400. The number of piperidine rings is 1. The molecule has 0 amide bonds. The van der Waals surface area contributed by atoms with Gasteiger partial charge in [-0.2, -0.15) is 0 Å². The molecular formula is C9H17N. The van der Waals surface area contributed by atoms with Crippen LogP contribution in [0.25, 0.3) is 0 Å². The van der Waals surface area contributed by atoms with Gasteiger partial charge < -0.3 is 0 Å². The van der Waals surface area contributed by atoms with Crippen LogP contribution in [0, 0.1) is 11.8 Å². The molecule has 3 unspecified atom stereocenters. The SMILES string of the molecule is CCC1CC2CN(CC)C12. The molecule has 3 atom stereocenters. The summed E-state index contributed by atoms with van der Waals surface area (Å²) in [6, 6.07) is 1.01. The van der Waals surface area contributed by atoms with E-state index in [9.17, 15) is 0 Å². The van der Waals surface area contributed by atoms with Crippen molar-refractivity contribution in [1.82, 2.24) is 4.90 Å². The summed E-state index contributed by atoms with van der Waals surface area (Å²) in [5.74, 6) is 2.16. The van der Waals surface area contributed by atoms with Gasteiger partial charge in [0, 0.05) is 12.6 Å². The summed E-state index contributed by atoms with van der Waals surface area (Å²) in [5.41, 5.74) is 0. The van der Waals surface area contributed by atoms with Gasteiger partial charge in [-0.3, -0.25) is 4.90 Å². The summed E-state index contributed by atoms with van der Waals surface area (Å²) in [5, 5.41) is 0. The highest BCUT2D eigenvalue weighted by Crippen LogP contribution is 2.47. The van der Waals surface area contributed by atoms with Crippen molar-refractivity contribution in [2.45, 2.75) is 32.7 Å². The van der Waals surface area contributed by atoms with E-state index < -0.39 is 0 Å². The van der Waals surface area contributed by atoms with E-state index in [1.165, 1.54) is 25.9 Å². The maximum atomic E-state index is 2.63. The lowest BCUT2D eigenvalue weighted by atomic mass is 9.62. The average Bonchev–Trinajstić information content (AvgIpc) is 1.93. The Morgan fingerprint density at radius 2 is 2.20 bits per heavy atom. The van der Waals surface area contributed by atoms with Crippen LogP contribution in [-0.4, -0.2) is 24.0 Å². The summed E-state index contributed by atoms with van der Waals surface area (Å²) in [7, 11) is 0. The molecule has 0 N–H and O–H groups in total. The smallest absolute Gasteiger partial charge is 0.0164 e. The highest BCUT2D eigenvalue weighted by molar-refractivity contribution is 5.04. The van der Waals surface area contributed by atoms with Gasteiger partial charge in [-0.15, -0.1) is 0 Å². The van der Waals surface area contributed by atoms with E-state index in [4.69, 9.17) is 0 Å². The van der Waals surface area contributed by atoms with Gasteiger partial charge in [0.15, 0.2) is 0 Å². The normalized spacial score (nSPS) is 45.6. The van der Waals surface area contributed by atoms with E-state index in [0.717, 1.165) is 17.9 Å². The Morgan fingerprint density at radius 3 is 2.70 bits per heavy atom. The molecule has 1 aliphatic heterocycles. The van der Waals surface area contributed by atoms with Crippen LogP contribution in [0.4, 0.5) is 0 Å². The second-order valence-corrected chi connectivity index (χ2v) is 3.74. The van der Waals surface area contributed by atoms with E-state index in [1.54, 1.807) is 0 Å². The Kier molecular flexibility index (Phi) is 1.48. The van der Waals surface area contributed by atoms with Crippen LogP contribution in [-0.2, 0) is 0 Å². The van der Waals surface area contributed by atoms with Crippen LogP contribution >= 0.6 is 0 Å². The number of likely N-dealkylation sites (tertiary alicyclic amines) is 1. The molecule has 1 saturated carbocycles. The molecule has 0 bridgehead atoms. The van der Waals surface area contributed by atoms with Crippen molar-refractivity contribution >= 4 is 0 Å². The van der Waals surface area contributed by atoms with Crippen LogP contribution in [0.2, 0.25) is 0 Å². The molecule has 0 aromatic carbocycles. The monoisotopic (exact) mass is 139 g/mol. The highest BCUT2D eigenvalue weighted by atomic mass is 15.2. The van der Waals surface area contributed by atoms with E-state index in [2.05, 4.69) is 18.7 Å². The molecule has 2 rings (SSSR count). The fraction of sp³-hybridized carbons (Fsp3) is 1.00. The molecule has 0 aromatic rings. The molecule has 58 valence electrons. The lowest BCUT2D eigenvalue weighted by Gasteiger charge is -2.60. The minimum atomic E-state index is 1.01. The van der Waals surface area contributed by atoms with Gasteiger partial charge in [0.2, 0.25) is 0 Å². The second-order valence-electron chi connectivity index (χ2n) is 3.74. The molecule has 0 spiro atoms. The predicted molar refractivity (Wildman–Crippen MR) is 42.9 cm³/mol. The van der Waals surface area contributed by atoms with Crippen molar-refractivity contribution in [3.63, 3.8) is 0 Å². The molecule has 1 heterocycles. The number of hydrogen-bond donors (Lipinski definition) is 0. The molecule has 1 nitrogen and oxygen atoms in total. The number of nitrogens with zero attached hydrogens (tertiary/aromatic N) is 1. The first-order valence-electron chi connectivity index (χ1n) is 4.60. The maximum Gasteiger partial charge on any atom is 0.0164 e. The number of hydrogen-bond acceptors (Lipinski definition) is 1. The van der Waals surface area contributed by atoms with E-state index >= 15 is 0 Å². The molecule has 10 heavy (non-hydrogen) atoms. The standard InChI is InChI=1S/C9H17N/c1-3-7-5-8-6-10(4-2)9(7)8/h7-9H,3-6H2,1-2H3. The largest absolute Gasteiger partial charge is 0.300 e. The molecule has 2 fully saturated rings. The van der Waals surface area contributed by atoms with Crippen molar-refractivity contribution in [3.05, 3.63) is 0 Å². The van der Waals surface area contributed by atoms with Gasteiger partial charge in [0.05, 0.1) is 0 Å². The zero-order chi connectivity index (χ0) is 7.14. The molecule has 2 aliphatic rings. The predicted octanol–water partition coefficient (Wildman–Crippen LogP) is 1.74. The van der Waals surface area contributed by atoms with Crippen molar-refractivity contribution in [3.8, 4) is 0 Å². The molecule has 0 radical (unpaired) electrons. The van der Waals surface area contributed by atoms with Gasteiger partial charge in [0.25, 0.3) is 0 Å². The van der Waals surface area contributed by atoms with Crippen molar-refractivity contribution in [1.29, 1.82) is 0 Å². The molecule has 1 aliphatic carbocycles. The average molecular weight is 139 g/mol. The summed E-state index contributed by atoms with van der Waals surface area (Å²) >= 11 is 0. The minimum absolute atomic E-state index is 1.01. The number of rotatable bonds is 2. The third-order valence-corrected chi connectivity index (χ3v) is 3.39. The van der Waals surface area contributed by atoms with Gasteiger partial charge in [-0.05, 0) is 24.8 Å². The third-order valence-electron chi connectivity index (χ3n) is 3.39. The zero-order valence-corrected chi connectivity index (χ0v) is 7.01. The number of fused-ring (bicyclic) bond motifs is 1. The topological polar surface area (TPSA) is 3.24 Å². The summed E-state index contributed by atoms with van der Waals surface area (Å²) in [4.78, 5) is 2.63. The molecule has 1 heteroatoms. The fourth-order valence-electron chi connectivity index (χ4n) is 2.67. The van der Waals surface area contributed by atoms with E-state index in [0.29, 0.717) is 0 Å². The Labute approximate surface area is 63.4 Å². The first-order valence-corrected chi connectivity index (χ1v) is 4.60. The summed E-state index contributed by atoms with van der Waals surface area (Å²) in [6.45, 7) is 7.28. The second kappa shape index (κ2) is 2.23. The lowest BCUT2D eigenvalue weighted by molar-refractivity contribution is -0.107. The Balaban J connectivity index is 1.88. The minimum Gasteiger partial charge on any atom is -0.300 e. The summed E-state index contributed by atoms with van der Waals surface area (Å²) in [6.07, 6.45) is 2.93. The lowest BCUT2D eigenvalue weighted by Crippen LogP contribution is -2.66. The zero-order valence-electron chi connectivity index (χ0n) is 7.01. The maximum absolute atomic E-state index is 2.63. The molecular weight excluding hydrogens is 122 g/mol. The third kappa shape index (κ3) is 0.672. The first-order chi connectivity index (χ1) is 4.86. The van der Waals surface area contributed by atoms with E-state index in [-0.39, 0.29) is 0 Å². The van der Waals surface area contributed by atoms with E-state index in [1.807, 2.05) is 0 Å². The Morgan fingerprint density at radius 1 is 1.40 bits per heavy atom. The van der Waals surface area contributed by atoms with Gasteiger partial charge in [0.1, 0.15) is 0 Å². The van der Waals surface area contributed by atoms with Crippen molar-refractivity contribution < 1.29 is 0 Å². The molecule has 1 saturated heterocycles. The van der Waals surface area contributed by atoms with Crippen molar-refractivity contribution in [2.75, 3.05) is 13.1 Å². The van der Waals surface area contributed by atoms with Gasteiger partial charge >= 0.3 is 0 Å². The van der Waals surface area contributed by atoms with Gasteiger partial charge in [-0.1, -0.05) is 20.3 Å². The van der Waals surface area contributed by atoms with Gasteiger partial charge in [-0.25, -0.2) is 0 Å². The fourth-order valence-corrected chi connectivity index (χ4v) is 2.67. The van der Waals surface area contributed by atoms with Crippen LogP contribution in [0.3, 0.4) is 0 Å². The highest BCUT2D eigenvalue weighted by Gasteiger charge is 2.50. The summed E-state index contributed by atoms with van der Waals surface area (Å²) < 4.78 is 0. The van der Waals surface area contributed by atoms with Crippen LogP contribution in [0.15, 0.2) is 0 Å². The first kappa shape index (κ1) is 6.66. The Bertz CT molecular complexity index is 119. The molecule has 0 aromatic heterocycles. The van der Waals surface area contributed by atoms with Crippen LogP contribution < -0.4 is 0 Å².